The molecule has 1 aliphatic heterocycles. The van der Waals surface area contributed by atoms with Crippen molar-refractivity contribution in [2.45, 2.75) is 25.8 Å². The Kier molecular flexibility index (Phi) is 6.20. The molecule has 1 unspecified atom stereocenters. The van der Waals surface area contributed by atoms with Crippen molar-refractivity contribution < 1.29 is 19.4 Å². The molecule has 3 aromatic rings. The lowest BCUT2D eigenvalue weighted by Gasteiger charge is -2.36. The number of carboxylic acids is 1. The van der Waals surface area contributed by atoms with Crippen molar-refractivity contribution >= 4 is 27.5 Å². The number of carboxylic acid groups (broad SMARTS) is 1. The zero-order valence-electron chi connectivity index (χ0n) is 17.2. The molecular weight excluding hydrogens is 400 g/mol. The average Bonchev–Trinajstić information content (AvgIpc) is 3.19. The number of rotatable bonds is 7. The molecule has 2 heterocycles. The number of likely N-dealkylation sites (tertiary alicyclic amines) is 1. The van der Waals surface area contributed by atoms with Gasteiger partial charge in [0.25, 0.3) is 0 Å². The van der Waals surface area contributed by atoms with Crippen LogP contribution in [0.2, 0.25) is 0 Å². The second-order valence-corrected chi connectivity index (χ2v) is 8.48. The van der Waals surface area contributed by atoms with E-state index in [0.717, 1.165) is 26.5 Å². The van der Waals surface area contributed by atoms with Gasteiger partial charge in [0.05, 0.1) is 35.9 Å². The van der Waals surface area contributed by atoms with E-state index >= 15 is 0 Å². The molecule has 2 aromatic carbocycles. The largest absolute Gasteiger partial charge is 0.493 e. The molecule has 1 atom stereocenters. The maximum Gasteiger partial charge on any atom is 0.306 e. The van der Waals surface area contributed by atoms with Gasteiger partial charge in [-0.15, -0.1) is 11.3 Å². The Morgan fingerprint density at radius 3 is 2.67 bits per heavy atom. The second-order valence-electron chi connectivity index (χ2n) is 7.41. The van der Waals surface area contributed by atoms with Crippen LogP contribution in [0.3, 0.4) is 0 Å². The highest BCUT2D eigenvalue weighted by Gasteiger charge is 2.32. The molecule has 1 saturated heterocycles. The third-order valence-corrected chi connectivity index (χ3v) is 6.68. The molecule has 6 nitrogen and oxygen atoms in total. The Labute approximate surface area is 180 Å². The Balaban J connectivity index is 1.73. The highest BCUT2D eigenvalue weighted by atomic mass is 32.1. The predicted molar refractivity (Wildman–Crippen MR) is 118 cm³/mol. The monoisotopic (exact) mass is 426 g/mol. The maximum absolute atomic E-state index is 11.4. The van der Waals surface area contributed by atoms with Crippen LogP contribution in [0.1, 0.15) is 36.4 Å². The molecule has 1 N–H and O–H groups in total. The van der Waals surface area contributed by atoms with E-state index in [1.54, 1.807) is 18.4 Å². The first kappa shape index (κ1) is 20.6. The first-order valence-electron chi connectivity index (χ1n) is 10.2. The minimum absolute atomic E-state index is 0.0540. The minimum Gasteiger partial charge on any atom is -0.493 e. The normalized spacial score (nSPS) is 16.5. The van der Waals surface area contributed by atoms with Crippen molar-refractivity contribution in [2.24, 2.45) is 5.92 Å². The van der Waals surface area contributed by atoms with E-state index < -0.39 is 5.97 Å². The number of hydrogen-bond acceptors (Lipinski definition) is 6. The third-order valence-electron chi connectivity index (χ3n) is 5.59. The number of fused-ring (bicyclic) bond motifs is 1. The smallest absolute Gasteiger partial charge is 0.306 e. The van der Waals surface area contributed by atoms with E-state index in [9.17, 15) is 9.90 Å². The summed E-state index contributed by atoms with van der Waals surface area (Å²) in [5, 5.41) is 10.4. The van der Waals surface area contributed by atoms with Gasteiger partial charge in [-0.25, -0.2) is 4.98 Å². The van der Waals surface area contributed by atoms with Gasteiger partial charge in [-0.2, -0.15) is 0 Å². The van der Waals surface area contributed by atoms with Crippen LogP contribution in [0.15, 0.2) is 42.5 Å². The summed E-state index contributed by atoms with van der Waals surface area (Å²) >= 11 is 1.69. The SMILES string of the molecule is CCOc1ccc(C(c2nc3ccccc3s2)N2CCC(C(=O)O)CC2)cc1OC. The van der Waals surface area contributed by atoms with Gasteiger partial charge >= 0.3 is 5.97 Å². The number of aromatic nitrogens is 1. The van der Waals surface area contributed by atoms with E-state index in [0.29, 0.717) is 38.3 Å². The first-order chi connectivity index (χ1) is 14.6. The average molecular weight is 427 g/mol. The fraction of sp³-hybridized carbons (Fsp3) is 0.391. The molecule has 1 fully saturated rings. The van der Waals surface area contributed by atoms with Crippen molar-refractivity contribution in [3.8, 4) is 11.5 Å². The number of carbonyl (C=O) groups is 1. The van der Waals surface area contributed by atoms with Crippen LogP contribution in [0, 0.1) is 5.92 Å². The molecule has 4 rings (SSSR count). The number of ether oxygens (including phenoxy) is 2. The van der Waals surface area contributed by atoms with Crippen LogP contribution in [-0.2, 0) is 4.79 Å². The van der Waals surface area contributed by atoms with E-state index in [-0.39, 0.29) is 12.0 Å². The summed E-state index contributed by atoms with van der Waals surface area (Å²) in [6.45, 7) is 3.95. The maximum atomic E-state index is 11.4. The Morgan fingerprint density at radius 1 is 1.23 bits per heavy atom. The Bertz CT molecular complexity index is 994. The van der Waals surface area contributed by atoms with Crippen molar-refractivity contribution in [1.29, 1.82) is 0 Å². The van der Waals surface area contributed by atoms with Crippen molar-refractivity contribution in [3.63, 3.8) is 0 Å². The van der Waals surface area contributed by atoms with E-state index in [1.165, 1.54) is 0 Å². The van der Waals surface area contributed by atoms with Gasteiger partial charge in [-0.05, 0) is 62.7 Å². The molecule has 0 aliphatic carbocycles. The van der Waals surface area contributed by atoms with Gasteiger partial charge in [0.15, 0.2) is 11.5 Å². The number of methoxy groups -OCH3 is 1. The molecule has 0 spiro atoms. The van der Waals surface area contributed by atoms with Crippen LogP contribution in [0.4, 0.5) is 0 Å². The summed E-state index contributed by atoms with van der Waals surface area (Å²) in [7, 11) is 1.65. The standard InChI is InChI=1S/C23H26N2O4S/c1-3-29-18-9-8-16(14-19(18)28-2)21(25-12-10-15(11-13-25)23(26)27)22-24-17-6-4-5-7-20(17)30-22/h4-9,14-15,21H,3,10-13H2,1-2H3,(H,26,27). The summed E-state index contributed by atoms with van der Waals surface area (Å²) in [6, 6.07) is 14.1. The number of nitrogens with zero attached hydrogens (tertiary/aromatic N) is 2. The number of aliphatic carboxylic acids is 1. The van der Waals surface area contributed by atoms with E-state index in [2.05, 4.69) is 17.0 Å². The topological polar surface area (TPSA) is 71.9 Å². The Hall–Kier alpha value is -2.64. The number of para-hydroxylation sites is 1. The van der Waals surface area contributed by atoms with Crippen LogP contribution in [0.25, 0.3) is 10.2 Å². The van der Waals surface area contributed by atoms with Gasteiger partial charge in [0.2, 0.25) is 0 Å². The predicted octanol–water partition coefficient (Wildman–Crippen LogP) is 4.59. The second kappa shape index (κ2) is 9.02. The van der Waals surface area contributed by atoms with Crippen LogP contribution in [-0.4, -0.2) is 47.8 Å². The highest BCUT2D eigenvalue weighted by Crippen LogP contribution is 2.39. The molecule has 0 saturated carbocycles. The molecule has 0 radical (unpaired) electrons. The molecule has 0 bridgehead atoms. The third kappa shape index (κ3) is 4.13. The number of piperidine rings is 1. The summed E-state index contributed by atoms with van der Waals surface area (Å²) in [6.07, 6.45) is 1.29. The van der Waals surface area contributed by atoms with Crippen LogP contribution < -0.4 is 9.47 Å². The molecule has 7 heteroatoms. The molecule has 1 aromatic heterocycles. The zero-order valence-corrected chi connectivity index (χ0v) is 18.0. The zero-order chi connectivity index (χ0) is 21.1. The molecule has 158 valence electrons. The highest BCUT2D eigenvalue weighted by molar-refractivity contribution is 7.18. The van der Waals surface area contributed by atoms with Gasteiger partial charge < -0.3 is 14.6 Å². The molecule has 1 aliphatic rings. The minimum atomic E-state index is -0.700. The lowest BCUT2D eigenvalue weighted by molar-refractivity contribution is -0.143. The van der Waals surface area contributed by atoms with Crippen molar-refractivity contribution in [2.75, 3.05) is 26.8 Å². The number of hydrogen-bond donors (Lipinski definition) is 1. The summed E-state index contributed by atoms with van der Waals surface area (Å²) in [5.41, 5.74) is 2.06. The van der Waals surface area contributed by atoms with Crippen LogP contribution >= 0.6 is 11.3 Å². The molecule has 0 amide bonds. The van der Waals surface area contributed by atoms with Gasteiger partial charge in [-0.3, -0.25) is 9.69 Å². The fourth-order valence-corrected chi connectivity index (χ4v) is 5.18. The Morgan fingerprint density at radius 2 is 2.00 bits per heavy atom. The van der Waals surface area contributed by atoms with Gasteiger partial charge in [0, 0.05) is 0 Å². The number of thiazole rings is 1. The van der Waals surface area contributed by atoms with Crippen molar-refractivity contribution in [1.82, 2.24) is 9.88 Å². The lowest BCUT2D eigenvalue weighted by Crippen LogP contribution is -2.39. The molecular formula is C23H26N2O4S. The first-order valence-corrected chi connectivity index (χ1v) is 11.1. The summed E-state index contributed by atoms with van der Waals surface area (Å²) < 4.78 is 12.4. The number of benzene rings is 2. The lowest BCUT2D eigenvalue weighted by atomic mass is 9.94. The van der Waals surface area contributed by atoms with E-state index in [1.807, 2.05) is 37.3 Å². The van der Waals surface area contributed by atoms with Gasteiger partial charge in [0.1, 0.15) is 5.01 Å². The van der Waals surface area contributed by atoms with E-state index in [4.69, 9.17) is 14.5 Å². The quantitative estimate of drug-likeness (QED) is 0.596. The fourth-order valence-electron chi connectivity index (χ4n) is 4.05. The van der Waals surface area contributed by atoms with Gasteiger partial charge in [-0.1, -0.05) is 18.2 Å². The summed E-state index contributed by atoms with van der Waals surface area (Å²) in [4.78, 5) is 18.7. The molecule has 30 heavy (non-hydrogen) atoms. The summed E-state index contributed by atoms with van der Waals surface area (Å²) in [5.74, 6) is 0.443. The van der Waals surface area contributed by atoms with Crippen molar-refractivity contribution in [3.05, 3.63) is 53.0 Å². The van der Waals surface area contributed by atoms with Crippen LogP contribution in [0.5, 0.6) is 11.5 Å².